The van der Waals surface area contributed by atoms with Crippen LogP contribution in [0.5, 0.6) is 0 Å². The number of aromatic nitrogens is 1. The van der Waals surface area contributed by atoms with E-state index in [1.807, 2.05) is 0 Å². The molecular weight excluding hydrogens is 196 g/mol. The number of aromatic carboxylic acids is 1. The van der Waals surface area contributed by atoms with Gasteiger partial charge in [-0.1, -0.05) is 0 Å². The number of rotatable bonds is 3. The van der Waals surface area contributed by atoms with E-state index in [9.17, 15) is 9.59 Å². The fraction of sp³-hybridized carbons (Fsp3) is 0.300. The Kier molecular flexibility index (Phi) is 2.37. The first kappa shape index (κ1) is 9.64. The van der Waals surface area contributed by atoms with Crippen LogP contribution in [-0.2, 0) is 0 Å². The maximum absolute atomic E-state index is 11.5. The number of nitrogens with one attached hydrogen (secondary N) is 1. The fourth-order valence-electron chi connectivity index (χ4n) is 1.14. The van der Waals surface area contributed by atoms with Gasteiger partial charge in [0, 0.05) is 12.2 Å². The van der Waals surface area contributed by atoms with Crippen molar-refractivity contribution in [3.05, 3.63) is 29.6 Å². The molecule has 5 heteroatoms. The van der Waals surface area contributed by atoms with E-state index < -0.39 is 5.97 Å². The standard InChI is InChI=1S/C10H10N2O3/c13-9(12-7-2-3-7)8-4-1-6(5-11-8)10(14)15/h1,4-5,7H,2-3H2,(H,12,13)(H,14,15). The smallest absolute Gasteiger partial charge is 0.337 e. The first-order valence-corrected chi connectivity index (χ1v) is 4.67. The molecule has 1 aromatic rings. The van der Waals surface area contributed by atoms with Crippen molar-refractivity contribution in [2.75, 3.05) is 0 Å². The fourth-order valence-corrected chi connectivity index (χ4v) is 1.14. The van der Waals surface area contributed by atoms with Gasteiger partial charge in [0.2, 0.25) is 0 Å². The molecule has 0 atom stereocenters. The summed E-state index contributed by atoms with van der Waals surface area (Å²) in [6, 6.07) is 3.07. The second-order valence-electron chi connectivity index (χ2n) is 3.49. The van der Waals surface area contributed by atoms with Crippen molar-refractivity contribution in [1.82, 2.24) is 10.3 Å². The minimum absolute atomic E-state index is 0.0815. The van der Waals surface area contributed by atoms with Crippen molar-refractivity contribution in [2.24, 2.45) is 0 Å². The molecule has 0 aliphatic heterocycles. The molecule has 1 aliphatic rings. The molecule has 1 aliphatic carbocycles. The zero-order valence-electron chi connectivity index (χ0n) is 7.93. The second kappa shape index (κ2) is 3.68. The van der Waals surface area contributed by atoms with Crippen molar-refractivity contribution >= 4 is 11.9 Å². The molecule has 1 saturated carbocycles. The Morgan fingerprint density at radius 1 is 1.40 bits per heavy atom. The number of hydrogen-bond acceptors (Lipinski definition) is 3. The van der Waals surface area contributed by atoms with Gasteiger partial charge in [-0.25, -0.2) is 4.79 Å². The average molecular weight is 206 g/mol. The summed E-state index contributed by atoms with van der Waals surface area (Å²) in [6.07, 6.45) is 3.21. The van der Waals surface area contributed by atoms with Gasteiger partial charge in [-0.05, 0) is 25.0 Å². The summed E-state index contributed by atoms with van der Waals surface area (Å²) in [5, 5.41) is 11.4. The molecule has 2 rings (SSSR count). The minimum atomic E-state index is -1.04. The molecule has 1 aromatic heterocycles. The zero-order chi connectivity index (χ0) is 10.8. The summed E-state index contributed by atoms with van der Waals surface area (Å²) in [7, 11) is 0. The van der Waals surface area contributed by atoms with Crippen LogP contribution in [0.1, 0.15) is 33.7 Å². The van der Waals surface area contributed by atoms with E-state index >= 15 is 0 Å². The number of amides is 1. The van der Waals surface area contributed by atoms with Crippen LogP contribution in [-0.4, -0.2) is 28.0 Å². The summed E-state index contributed by atoms with van der Waals surface area (Å²) in [5.74, 6) is -1.29. The molecule has 1 amide bonds. The normalized spacial score (nSPS) is 14.7. The van der Waals surface area contributed by atoms with Gasteiger partial charge in [0.15, 0.2) is 0 Å². The van der Waals surface area contributed by atoms with Crippen LogP contribution in [0.15, 0.2) is 18.3 Å². The molecule has 78 valence electrons. The summed E-state index contributed by atoms with van der Waals surface area (Å²) in [4.78, 5) is 25.8. The molecule has 0 radical (unpaired) electrons. The molecular formula is C10H10N2O3. The van der Waals surface area contributed by atoms with Crippen LogP contribution in [0.25, 0.3) is 0 Å². The Balaban J connectivity index is 2.08. The van der Waals surface area contributed by atoms with Crippen molar-refractivity contribution in [3.8, 4) is 0 Å². The Morgan fingerprint density at radius 3 is 2.60 bits per heavy atom. The number of nitrogens with zero attached hydrogens (tertiary/aromatic N) is 1. The van der Waals surface area contributed by atoms with E-state index in [1.54, 1.807) is 0 Å². The average Bonchev–Trinajstić information content (AvgIpc) is 3.02. The number of hydrogen-bond donors (Lipinski definition) is 2. The lowest BCUT2D eigenvalue weighted by Crippen LogP contribution is -2.26. The van der Waals surface area contributed by atoms with Gasteiger partial charge in [0.05, 0.1) is 5.56 Å². The quantitative estimate of drug-likeness (QED) is 0.761. The molecule has 0 aromatic carbocycles. The monoisotopic (exact) mass is 206 g/mol. The third kappa shape index (κ3) is 2.31. The molecule has 0 unspecified atom stereocenters. The van der Waals surface area contributed by atoms with Gasteiger partial charge in [-0.15, -0.1) is 0 Å². The van der Waals surface area contributed by atoms with Crippen LogP contribution in [0.2, 0.25) is 0 Å². The summed E-state index contributed by atoms with van der Waals surface area (Å²) in [6.45, 7) is 0. The van der Waals surface area contributed by atoms with Crippen molar-refractivity contribution in [1.29, 1.82) is 0 Å². The lowest BCUT2D eigenvalue weighted by atomic mass is 10.2. The Hall–Kier alpha value is -1.91. The van der Waals surface area contributed by atoms with Crippen LogP contribution in [0.4, 0.5) is 0 Å². The van der Waals surface area contributed by atoms with Crippen LogP contribution < -0.4 is 5.32 Å². The molecule has 0 bridgehead atoms. The first-order valence-electron chi connectivity index (χ1n) is 4.67. The molecule has 0 spiro atoms. The van der Waals surface area contributed by atoms with E-state index in [-0.39, 0.29) is 23.2 Å². The molecule has 2 N–H and O–H groups in total. The van der Waals surface area contributed by atoms with Crippen molar-refractivity contribution < 1.29 is 14.7 Å². The highest BCUT2D eigenvalue weighted by molar-refractivity contribution is 5.94. The Labute approximate surface area is 86.1 Å². The highest BCUT2D eigenvalue weighted by atomic mass is 16.4. The van der Waals surface area contributed by atoms with E-state index in [0.29, 0.717) is 0 Å². The van der Waals surface area contributed by atoms with Crippen LogP contribution in [0, 0.1) is 0 Å². The van der Waals surface area contributed by atoms with Gasteiger partial charge in [-0.3, -0.25) is 9.78 Å². The third-order valence-electron chi connectivity index (χ3n) is 2.16. The number of pyridine rings is 1. The molecule has 0 saturated heterocycles. The van der Waals surface area contributed by atoms with Crippen LogP contribution >= 0.6 is 0 Å². The lowest BCUT2D eigenvalue weighted by molar-refractivity contribution is 0.0695. The van der Waals surface area contributed by atoms with Crippen LogP contribution in [0.3, 0.4) is 0 Å². The number of carbonyl (C=O) groups is 2. The van der Waals surface area contributed by atoms with Crippen molar-refractivity contribution in [2.45, 2.75) is 18.9 Å². The second-order valence-corrected chi connectivity index (χ2v) is 3.49. The van der Waals surface area contributed by atoms with Gasteiger partial charge < -0.3 is 10.4 Å². The van der Waals surface area contributed by atoms with E-state index in [0.717, 1.165) is 12.8 Å². The summed E-state index contributed by atoms with van der Waals surface area (Å²) < 4.78 is 0. The van der Waals surface area contributed by atoms with Gasteiger partial charge in [0.1, 0.15) is 5.69 Å². The first-order chi connectivity index (χ1) is 7.16. The molecule has 1 fully saturated rings. The summed E-state index contributed by atoms with van der Waals surface area (Å²) >= 11 is 0. The highest BCUT2D eigenvalue weighted by Gasteiger charge is 2.24. The molecule has 1 heterocycles. The van der Waals surface area contributed by atoms with Gasteiger partial charge in [0.25, 0.3) is 5.91 Å². The zero-order valence-corrected chi connectivity index (χ0v) is 7.93. The number of carbonyl (C=O) groups excluding carboxylic acids is 1. The highest BCUT2D eigenvalue weighted by Crippen LogP contribution is 2.19. The van der Waals surface area contributed by atoms with Crippen molar-refractivity contribution in [3.63, 3.8) is 0 Å². The SMILES string of the molecule is O=C(O)c1ccc(C(=O)NC2CC2)nc1. The molecule has 5 nitrogen and oxygen atoms in total. The summed E-state index contributed by atoms with van der Waals surface area (Å²) in [5.41, 5.74) is 0.338. The van der Waals surface area contributed by atoms with Gasteiger partial charge in [-0.2, -0.15) is 0 Å². The minimum Gasteiger partial charge on any atom is -0.478 e. The maximum Gasteiger partial charge on any atom is 0.337 e. The van der Waals surface area contributed by atoms with E-state index in [1.165, 1.54) is 18.3 Å². The predicted octanol–water partition coefficient (Wildman–Crippen LogP) is 0.672. The lowest BCUT2D eigenvalue weighted by Gasteiger charge is -2.01. The van der Waals surface area contributed by atoms with Gasteiger partial charge >= 0.3 is 5.97 Å². The van der Waals surface area contributed by atoms with E-state index in [4.69, 9.17) is 5.11 Å². The Bertz CT molecular complexity index is 396. The predicted molar refractivity (Wildman–Crippen MR) is 51.7 cm³/mol. The molecule has 15 heavy (non-hydrogen) atoms. The number of carboxylic acids is 1. The maximum atomic E-state index is 11.5. The van der Waals surface area contributed by atoms with E-state index in [2.05, 4.69) is 10.3 Å². The number of carboxylic acid groups (broad SMARTS) is 1. The Morgan fingerprint density at radius 2 is 2.13 bits per heavy atom. The largest absolute Gasteiger partial charge is 0.478 e. The topological polar surface area (TPSA) is 79.3 Å². The third-order valence-corrected chi connectivity index (χ3v) is 2.16.